The Kier molecular flexibility index (Phi) is 7.86. The van der Waals surface area contributed by atoms with E-state index in [4.69, 9.17) is 4.74 Å². The van der Waals surface area contributed by atoms with Crippen molar-refractivity contribution in [2.45, 2.75) is 44.7 Å². The number of aromatic nitrogens is 1. The molecule has 0 spiro atoms. The molecule has 0 bridgehead atoms. The number of rotatable bonds is 10. The molecule has 9 heteroatoms. The molecule has 0 aliphatic rings. The molecule has 1 atom stereocenters. The number of hydrogen-bond donors (Lipinski definition) is 1. The number of anilines is 1. The highest BCUT2D eigenvalue weighted by atomic mass is 32.2. The summed E-state index contributed by atoms with van der Waals surface area (Å²) < 4.78 is 33.6. The minimum atomic E-state index is -3.85. The lowest BCUT2D eigenvalue weighted by Gasteiger charge is -2.27. The maximum atomic E-state index is 13.1. The molecular weight excluding hydrogens is 446 g/mol. The zero-order chi connectivity index (χ0) is 23.3. The Balaban J connectivity index is 1.71. The third-order valence-corrected chi connectivity index (χ3v) is 7.90. The van der Waals surface area contributed by atoms with E-state index in [1.807, 2.05) is 38.1 Å². The number of likely N-dealkylation sites (N-methyl/N-ethyl adjacent to an activating group) is 1. The van der Waals surface area contributed by atoms with Crippen LogP contribution in [0, 0.1) is 5.92 Å². The molecular formula is C23H29N3O4S2. The second kappa shape index (κ2) is 10.4. The van der Waals surface area contributed by atoms with Crippen molar-refractivity contribution in [3.05, 3.63) is 54.1 Å². The summed E-state index contributed by atoms with van der Waals surface area (Å²) in [4.78, 5) is 17.1. The normalized spacial score (nSPS) is 12.9. The summed E-state index contributed by atoms with van der Waals surface area (Å²) in [6.45, 7) is 6.33. The van der Waals surface area contributed by atoms with Gasteiger partial charge in [-0.25, -0.2) is 13.4 Å². The fraction of sp³-hybridized carbons (Fsp3) is 0.391. The van der Waals surface area contributed by atoms with Crippen LogP contribution in [-0.2, 0) is 26.1 Å². The van der Waals surface area contributed by atoms with Crippen molar-refractivity contribution in [1.82, 2.24) is 9.29 Å². The number of thiazole rings is 1. The van der Waals surface area contributed by atoms with Gasteiger partial charge in [-0.05, 0) is 49.1 Å². The SMILES string of the molecule is CCOC(=O)[C@H](CC(C)C)N(C)S(=O)(=O)c1ccc(CNc2nc3ccccc3s2)cc1. The van der Waals surface area contributed by atoms with E-state index in [0.29, 0.717) is 13.0 Å². The molecule has 1 heterocycles. The lowest BCUT2D eigenvalue weighted by atomic mass is 10.0. The number of nitrogens with zero attached hydrogens (tertiary/aromatic N) is 2. The molecule has 0 aliphatic carbocycles. The smallest absolute Gasteiger partial charge is 0.324 e. The zero-order valence-corrected chi connectivity index (χ0v) is 20.4. The summed E-state index contributed by atoms with van der Waals surface area (Å²) in [6, 6.07) is 13.7. The van der Waals surface area contributed by atoms with Gasteiger partial charge in [-0.2, -0.15) is 4.31 Å². The quantitative estimate of drug-likeness (QED) is 0.434. The second-order valence-electron chi connectivity index (χ2n) is 7.90. The van der Waals surface area contributed by atoms with Crippen LogP contribution in [0.4, 0.5) is 5.13 Å². The van der Waals surface area contributed by atoms with E-state index in [1.165, 1.54) is 7.05 Å². The van der Waals surface area contributed by atoms with Gasteiger partial charge < -0.3 is 10.1 Å². The molecule has 0 radical (unpaired) electrons. The van der Waals surface area contributed by atoms with Crippen molar-refractivity contribution < 1.29 is 17.9 Å². The highest BCUT2D eigenvalue weighted by molar-refractivity contribution is 7.89. The molecule has 0 saturated carbocycles. The molecule has 7 nitrogen and oxygen atoms in total. The molecule has 0 saturated heterocycles. The summed E-state index contributed by atoms with van der Waals surface area (Å²) >= 11 is 1.57. The first-order valence-electron chi connectivity index (χ1n) is 10.6. The van der Waals surface area contributed by atoms with Gasteiger partial charge in [0.2, 0.25) is 10.0 Å². The molecule has 2 aromatic carbocycles. The third kappa shape index (κ3) is 5.65. The average Bonchev–Trinajstić information content (AvgIpc) is 3.19. The summed E-state index contributed by atoms with van der Waals surface area (Å²) in [5, 5.41) is 4.10. The lowest BCUT2D eigenvalue weighted by Crippen LogP contribution is -2.44. The van der Waals surface area contributed by atoms with Crippen molar-refractivity contribution in [2.24, 2.45) is 5.92 Å². The topological polar surface area (TPSA) is 88.6 Å². The number of hydrogen-bond acceptors (Lipinski definition) is 7. The number of ether oxygens (including phenoxy) is 1. The Morgan fingerprint density at radius 2 is 1.84 bits per heavy atom. The van der Waals surface area contributed by atoms with E-state index in [1.54, 1.807) is 42.5 Å². The second-order valence-corrected chi connectivity index (χ2v) is 10.9. The number of sulfonamides is 1. The molecule has 1 N–H and O–H groups in total. The van der Waals surface area contributed by atoms with Crippen LogP contribution in [0.5, 0.6) is 0 Å². The van der Waals surface area contributed by atoms with Crippen LogP contribution in [0.3, 0.4) is 0 Å². The van der Waals surface area contributed by atoms with Gasteiger partial charge in [0.1, 0.15) is 6.04 Å². The molecule has 0 fully saturated rings. The first-order chi connectivity index (χ1) is 15.2. The Morgan fingerprint density at radius 3 is 2.47 bits per heavy atom. The van der Waals surface area contributed by atoms with Crippen molar-refractivity contribution in [3.63, 3.8) is 0 Å². The molecule has 3 aromatic rings. The van der Waals surface area contributed by atoms with Crippen LogP contribution in [-0.4, -0.2) is 43.4 Å². The van der Waals surface area contributed by atoms with Crippen LogP contribution >= 0.6 is 11.3 Å². The predicted molar refractivity (Wildman–Crippen MR) is 128 cm³/mol. The van der Waals surface area contributed by atoms with Crippen molar-refractivity contribution >= 4 is 42.7 Å². The van der Waals surface area contributed by atoms with Gasteiger partial charge in [0.25, 0.3) is 0 Å². The van der Waals surface area contributed by atoms with Gasteiger partial charge in [-0.15, -0.1) is 0 Å². The Hall–Kier alpha value is -2.49. The summed E-state index contributed by atoms with van der Waals surface area (Å²) in [6.07, 6.45) is 0.388. The Morgan fingerprint density at radius 1 is 1.16 bits per heavy atom. The standard InChI is InChI=1S/C23H29N3O4S2/c1-5-30-22(27)20(14-16(2)3)26(4)32(28,29)18-12-10-17(11-13-18)15-24-23-25-19-8-6-7-9-21(19)31-23/h6-13,16,20H,5,14-15H2,1-4H3,(H,24,25)/t20-/m0/s1. The van der Waals surface area contributed by atoms with E-state index >= 15 is 0 Å². The molecule has 32 heavy (non-hydrogen) atoms. The van der Waals surface area contributed by atoms with Crippen LogP contribution in [0.15, 0.2) is 53.4 Å². The molecule has 172 valence electrons. The Bertz CT molecular complexity index is 1120. The fourth-order valence-electron chi connectivity index (χ4n) is 3.32. The summed E-state index contributed by atoms with van der Waals surface area (Å²) in [7, 11) is -2.41. The van der Waals surface area contributed by atoms with Gasteiger partial charge in [-0.1, -0.05) is 49.4 Å². The minimum Gasteiger partial charge on any atom is -0.465 e. The Labute approximate surface area is 193 Å². The zero-order valence-electron chi connectivity index (χ0n) is 18.7. The van der Waals surface area contributed by atoms with E-state index in [0.717, 1.165) is 25.2 Å². The molecule has 3 rings (SSSR count). The van der Waals surface area contributed by atoms with Gasteiger partial charge in [-0.3, -0.25) is 4.79 Å². The van der Waals surface area contributed by atoms with Crippen LogP contribution in [0.2, 0.25) is 0 Å². The molecule has 1 aromatic heterocycles. The van der Waals surface area contributed by atoms with Crippen molar-refractivity contribution in [1.29, 1.82) is 0 Å². The summed E-state index contributed by atoms with van der Waals surface area (Å²) in [5.41, 5.74) is 1.87. The number of nitrogens with one attached hydrogen (secondary N) is 1. The third-order valence-electron chi connectivity index (χ3n) is 5.03. The van der Waals surface area contributed by atoms with E-state index in [-0.39, 0.29) is 17.4 Å². The monoisotopic (exact) mass is 475 g/mol. The number of benzene rings is 2. The largest absolute Gasteiger partial charge is 0.465 e. The van der Waals surface area contributed by atoms with Crippen LogP contribution in [0.1, 0.15) is 32.8 Å². The minimum absolute atomic E-state index is 0.137. The van der Waals surface area contributed by atoms with Gasteiger partial charge in [0, 0.05) is 13.6 Å². The first kappa shape index (κ1) is 24.2. The van der Waals surface area contributed by atoms with Crippen molar-refractivity contribution in [2.75, 3.05) is 19.0 Å². The number of carbonyl (C=O) groups excluding carboxylic acids is 1. The van der Waals surface area contributed by atoms with Crippen molar-refractivity contribution in [3.8, 4) is 0 Å². The molecule has 0 amide bonds. The predicted octanol–water partition coefficient (Wildman–Crippen LogP) is 4.51. The number of esters is 1. The lowest BCUT2D eigenvalue weighted by molar-refractivity contribution is -0.147. The maximum absolute atomic E-state index is 13.1. The highest BCUT2D eigenvalue weighted by Crippen LogP contribution is 2.26. The van der Waals surface area contributed by atoms with E-state index < -0.39 is 22.0 Å². The van der Waals surface area contributed by atoms with E-state index in [2.05, 4.69) is 10.3 Å². The van der Waals surface area contributed by atoms with Gasteiger partial charge >= 0.3 is 5.97 Å². The fourth-order valence-corrected chi connectivity index (χ4v) is 5.50. The first-order valence-corrected chi connectivity index (χ1v) is 12.8. The van der Waals surface area contributed by atoms with Crippen LogP contribution in [0.25, 0.3) is 10.2 Å². The highest BCUT2D eigenvalue weighted by Gasteiger charge is 2.34. The number of para-hydroxylation sites is 1. The van der Waals surface area contributed by atoms with Gasteiger partial charge in [0.05, 0.1) is 21.7 Å². The van der Waals surface area contributed by atoms with Gasteiger partial charge in [0.15, 0.2) is 5.13 Å². The number of fused-ring (bicyclic) bond motifs is 1. The molecule has 0 unspecified atom stereocenters. The number of carbonyl (C=O) groups is 1. The molecule has 0 aliphatic heterocycles. The van der Waals surface area contributed by atoms with E-state index in [9.17, 15) is 13.2 Å². The summed E-state index contributed by atoms with van der Waals surface area (Å²) in [5.74, 6) is -0.387. The average molecular weight is 476 g/mol. The maximum Gasteiger partial charge on any atom is 0.324 e. The van der Waals surface area contributed by atoms with Crippen LogP contribution < -0.4 is 5.32 Å².